The van der Waals surface area contributed by atoms with Crippen LogP contribution in [-0.4, -0.2) is 24.9 Å². The molecule has 1 aromatic heterocycles. The van der Waals surface area contributed by atoms with Crippen molar-refractivity contribution in [3.8, 4) is 0 Å². The van der Waals surface area contributed by atoms with Crippen molar-refractivity contribution in [1.82, 2.24) is 5.43 Å². The molecule has 0 fully saturated rings. The van der Waals surface area contributed by atoms with Gasteiger partial charge in [-0.1, -0.05) is 0 Å². The Balaban J connectivity index is 2.41. The van der Waals surface area contributed by atoms with Crippen LogP contribution in [0, 0.1) is 0 Å². The van der Waals surface area contributed by atoms with E-state index in [1.165, 1.54) is 11.8 Å². The lowest BCUT2D eigenvalue weighted by molar-refractivity contribution is -0.121. The number of ether oxygens (including phenoxy) is 1. The monoisotopic (exact) mass is 230 g/mol. The summed E-state index contributed by atoms with van der Waals surface area (Å²) in [6.07, 6.45) is 1.60. The number of amides is 1. The zero-order valence-electron chi connectivity index (χ0n) is 8.43. The number of thioether (sulfide) groups is 1. The SMILES string of the molecule is COCC(SCc1ccco1)C(=O)NN. The second-order valence-electron chi connectivity index (χ2n) is 2.84. The van der Waals surface area contributed by atoms with Crippen molar-refractivity contribution >= 4 is 17.7 Å². The van der Waals surface area contributed by atoms with Crippen LogP contribution >= 0.6 is 11.8 Å². The summed E-state index contributed by atoms with van der Waals surface area (Å²) in [6.45, 7) is 0.328. The largest absolute Gasteiger partial charge is 0.468 e. The molecule has 5 nitrogen and oxygen atoms in total. The van der Waals surface area contributed by atoms with Gasteiger partial charge in [0.25, 0.3) is 0 Å². The highest BCUT2D eigenvalue weighted by molar-refractivity contribution is 7.99. The van der Waals surface area contributed by atoms with Gasteiger partial charge in [-0.25, -0.2) is 5.84 Å². The molecule has 0 aromatic carbocycles. The summed E-state index contributed by atoms with van der Waals surface area (Å²) in [7, 11) is 1.55. The Morgan fingerprint density at radius 1 is 1.80 bits per heavy atom. The van der Waals surface area contributed by atoms with Crippen molar-refractivity contribution in [1.29, 1.82) is 0 Å². The first-order valence-corrected chi connectivity index (χ1v) is 5.46. The number of carbonyl (C=O) groups is 1. The quantitative estimate of drug-likeness (QED) is 0.423. The highest BCUT2D eigenvalue weighted by Crippen LogP contribution is 2.18. The van der Waals surface area contributed by atoms with Crippen LogP contribution in [0.2, 0.25) is 0 Å². The second-order valence-corrected chi connectivity index (χ2v) is 4.03. The average Bonchev–Trinajstić information content (AvgIpc) is 2.76. The minimum atomic E-state index is -0.315. The zero-order chi connectivity index (χ0) is 11.1. The van der Waals surface area contributed by atoms with E-state index in [1.54, 1.807) is 13.4 Å². The molecule has 1 rings (SSSR count). The summed E-state index contributed by atoms with van der Waals surface area (Å²) in [4.78, 5) is 11.3. The van der Waals surface area contributed by atoms with Gasteiger partial charge in [-0.2, -0.15) is 0 Å². The molecule has 0 bridgehead atoms. The van der Waals surface area contributed by atoms with Crippen LogP contribution < -0.4 is 11.3 Å². The van der Waals surface area contributed by atoms with Gasteiger partial charge in [0.15, 0.2) is 0 Å². The molecule has 1 aromatic rings. The van der Waals surface area contributed by atoms with Gasteiger partial charge in [-0.3, -0.25) is 10.2 Å². The number of hydrazine groups is 1. The zero-order valence-corrected chi connectivity index (χ0v) is 9.25. The predicted molar refractivity (Wildman–Crippen MR) is 58.0 cm³/mol. The number of methoxy groups -OCH3 is 1. The average molecular weight is 230 g/mol. The molecule has 6 heteroatoms. The number of carbonyl (C=O) groups excluding carboxylic acids is 1. The van der Waals surface area contributed by atoms with Gasteiger partial charge in [-0.15, -0.1) is 11.8 Å². The standard InChI is InChI=1S/C9H14N2O3S/c1-13-5-8(9(12)11-10)15-6-7-3-2-4-14-7/h2-4,8H,5-6,10H2,1H3,(H,11,12). The summed E-state index contributed by atoms with van der Waals surface area (Å²) >= 11 is 1.43. The Morgan fingerprint density at radius 3 is 3.13 bits per heavy atom. The first-order chi connectivity index (χ1) is 7.27. The molecule has 3 N–H and O–H groups in total. The molecule has 84 valence electrons. The molecule has 1 amide bonds. The molecule has 0 spiro atoms. The lowest BCUT2D eigenvalue weighted by Gasteiger charge is -2.12. The number of rotatable bonds is 6. The molecule has 1 unspecified atom stereocenters. The summed E-state index contributed by atoms with van der Waals surface area (Å²) in [5.74, 6) is 6.26. The molecular formula is C9H14N2O3S. The molecule has 0 saturated carbocycles. The minimum Gasteiger partial charge on any atom is -0.468 e. The fraction of sp³-hybridized carbons (Fsp3) is 0.444. The third kappa shape index (κ3) is 3.94. The fourth-order valence-corrected chi connectivity index (χ4v) is 2.00. The van der Waals surface area contributed by atoms with Crippen molar-refractivity contribution in [3.05, 3.63) is 24.2 Å². The van der Waals surface area contributed by atoms with Gasteiger partial charge >= 0.3 is 0 Å². The summed E-state index contributed by atoms with van der Waals surface area (Å²) < 4.78 is 10.1. The van der Waals surface area contributed by atoms with Gasteiger partial charge in [0.1, 0.15) is 11.0 Å². The van der Waals surface area contributed by atoms with Crippen LogP contribution in [0.4, 0.5) is 0 Å². The van der Waals surface area contributed by atoms with E-state index in [2.05, 4.69) is 5.43 Å². The maximum absolute atomic E-state index is 11.3. The van der Waals surface area contributed by atoms with Gasteiger partial charge in [0, 0.05) is 7.11 Å². The van der Waals surface area contributed by atoms with Crippen molar-refractivity contribution < 1.29 is 13.9 Å². The van der Waals surface area contributed by atoms with Crippen LogP contribution in [0.5, 0.6) is 0 Å². The summed E-state index contributed by atoms with van der Waals surface area (Å²) in [5.41, 5.74) is 2.11. The number of furan rings is 1. The smallest absolute Gasteiger partial charge is 0.249 e. The molecule has 1 atom stereocenters. The van der Waals surface area contributed by atoms with E-state index in [4.69, 9.17) is 15.0 Å². The molecule has 0 radical (unpaired) electrons. The molecule has 1 heterocycles. The Morgan fingerprint density at radius 2 is 2.60 bits per heavy atom. The van der Waals surface area contributed by atoms with Gasteiger partial charge < -0.3 is 9.15 Å². The van der Waals surface area contributed by atoms with E-state index >= 15 is 0 Å². The lowest BCUT2D eigenvalue weighted by atomic mass is 10.4. The van der Waals surface area contributed by atoms with Crippen molar-refractivity contribution in [2.75, 3.05) is 13.7 Å². The molecule has 0 aliphatic heterocycles. The first kappa shape index (κ1) is 12.1. The van der Waals surface area contributed by atoms with E-state index < -0.39 is 0 Å². The van der Waals surface area contributed by atoms with E-state index in [0.29, 0.717) is 12.4 Å². The van der Waals surface area contributed by atoms with E-state index in [1.807, 2.05) is 12.1 Å². The molecule has 15 heavy (non-hydrogen) atoms. The highest BCUT2D eigenvalue weighted by Gasteiger charge is 2.18. The number of nitrogens with two attached hydrogens (primary N) is 1. The van der Waals surface area contributed by atoms with Crippen molar-refractivity contribution in [2.24, 2.45) is 5.84 Å². The molecular weight excluding hydrogens is 216 g/mol. The number of hydrogen-bond donors (Lipinski definition) is 2. The van der Waals surface area contributed by atoms with Crippen LogP contribution in [-0.2, 0) is 15.3 Å². The Hall–Kier alpha value is -0.980. The maximum Gasteiger partial charge on any atom is 0.249 e. The van der Waals surface area contributed by atoms with Gasteiger partial charge in [0.05, 0.1) is 18.6 Å². The van der Waals surface area contributed by atoms with Crippen LogP contribution in [0.1, 0.15) is 5.76 Å². The molecule has 0 saturated heterocycles. The third-order valence-corrected chi connectivity index (χ3v) is 2.96. The topological polar surface area (TPSA) is 77.5 Å². The third-order valence-electron chi connectivity index (χ3n) is 1.76. The normalized spacial score (nSPS) is 12.4. The Labute approximate surface area is 92.3 Å². The first-order valence-electron chi connectivity index (χ1n) is 4.41. The Kier molecular flexibility index (Phi) is 5.23. The Bertz CT molecular complexity index is 290. The maximum atomic E-state index is 11.3. The predicted octanol–water partition coefficient (Wildman–Crippen LogP) is 0.518. The minimum absolute atomic E-state index is 0.242. The van der Waals surface area contributed by atoms with Gasteiger partial charge in [-0.05, 0) is 12.1 Å². The number of nitrogens with one attached hydrogen (secondary N) is 1. The van der Waals surface area contributed by atoms with Crippen LogP contribution in [0.3, 0.4) is 0 Å². The fourth-order valence-electron chi connectivity index (χ4n) is 1.02. The number of hydrogen-bond acceptors (Lipinski definition) is 5. The highest BCUT2D eigenvalue weighted by atomic mass is 32.2. The van der Waals surface area contributed by atoms with Crippen molar-refractivity contribution in [2.45, 2.75) is 11.0 Å². The molecule has 0 aliphatic carbocycles. The summed E-state index contributed by atoms with van der Waals surface area (Å²) in [6, 6.07) is 3.67. The van der Waals surface area contributed by atoms with Crippen LogP contribution in [0.15, 0.2) is 22.8 Å². The van der Waals surface area contributed by atoms with Gasteiger partial charge in [0.2, 0.25) is 5.91 Å². The lowest BCUT2D eigenvalue weighted by Crippen LogP contribution is -2.39. The van der Waals surface area contributed by atoms with E-state index in [0.717, 1.165) is 5.76 Å². The van der Waals surface area contributed by atoms with E-state index in [-0.39, 0.29) is 11.2 Å². The second kappa shape index (κ2) is 6.49. The van der Waals surface area contributed by atoms with Crippen molar-refractivity contribution in [3.63, 3.8) is 0 Å². The van der Waals surface area contributed by atoms with E-state index in [9.17, 15) is 4.79 Å². The summed E-state index contributed by atoms with van der Waals surface area (Å²) in [5, 5.41) is -0.315. The molecule has 0 aliphatic rings. The van der Waals surface area contributed by atoms with Crippen LogP contribution in [0.25, 0.3) is 0 Å².